The average Bonchev–Trinajstić information content (AvgIpc) is 2.30. The first-order chi connectivity index (χ1) is 8.08. The van der Waals surface area contributed by atoms with Crippen LogP contribution in [0.4, 0.5) is 11.5 Å². The number of carbonyl (C=O) groups excluding carboxylic acids is 1. The first kappa shape index (κ1) is 13.3. The molecule has 2 N–H and O–H groups in total. The maximum atomic E-state index is 11.4. The van der Waals surface area contributed by atoms with Crippen LogP contribution in [0.1, 0.15) is 19.5 Å². The second kappa shape index (κ2) is 6.08. The van der Waals surface area contributed by atoms with Gasteiger partial charge in [-0.3, -0.25) is 4.79 Å². The van der Waals surface area contributed by atoms with Crippen molar-refractivity contribution in [3.05, 3.63) is 17.8 Å². The van der Waals surface area contributed by atoms with Crippen LogP contribution in [-0.2, 0) is 9.53 Å². The summed E-state index contributed by atoms with van der Waals surface area (Å²) in [6, 6.07) is 3.61. The summed E-state index contributed by atoms with van der Waals surface area (Å²) in [6.45, 7) is 6.89. The summed E-state index contributed by atoms with van der Waals surface area (Å²) in [4.78, 5) is 17.6. The zero-order chi connectivity index (χ0) is 12.8. The molecular formula is C12H19N3O2. The molecule has 1 aromatic heterocycles. The Labute approximate surface area is 102 Å². The molecule has 5 nitrogen and oxygen atoms in total. The SMILES string of the molecule is CCOC(=O)CN(CC)c1ccc(N)c(C)n1. The Hall–Kier alpha value is -1.78. The third-order valence-corrected chi connectivity index (χ3v) is 2.44. The number of esters is 1. The molecular weight excluding hydrogens is 218 g/mol. The van der Waals surface area contributed by atoms with Gasteiger partial charge in [-0.2, -0.15) is 0 Å². The number of likely N-dealkylation sites (N-methyl/N-ethyl adjacent to an activating group) is 1. The van der Waals surface area contributed by atoms with Crippen molar-refractivity contribution in [3.63, 3.8) is 0 Å². The smallest absolute Gasteiger partial charge is 0.325 e. The second-order valence-corrected chi connectivity index (χ2v) is 3.66. The van der Waals surface area contributed by atoms with Gasteiger partial charge in [-0.25, -0.2) is 4.98 Å². The Morgan fingerprint density at radius 3 is 2.71 bits per heavy atom. The monoisotopic (exact) mass is 237 g/mol. The van der Waals surface area contributed by atoms with Gasteiger partial charge in [0.05, 0.1) is 18.0 Å². The minimum absolute atomic E-state index is 0.209. The van der Waals surface area contributed by atoms with Gasteiger partial charge in [0.2, 0.25) is 0 Å². The van der Waals surface area contributed by atoms with Crippen LogP contribution in [0.15, 0.2) is 12.1 Å². The van der Waals surface area contributed by atoms with Gasteiger partial charge in [0.25, 0.3) is 0 Å². The molecule has 0 aliphatic heterocycles. The topological polar surface area (TPSA) is 68.5 Å². The van der Waals surface area contributed by atoms with Gasteiger partial charge in [-0.1, -0.05) is 0 Å². The molecule has 0 fully saturated rings. The number of hydrogen-bond acceptors (Lipinski definition) is 5. The van der Waals surface area contributed by atoms with Crippen LogP contribution in [-0.4, -0.2) is 30.6 Å². The van der Waals surface area contributed by atoms with Gasteiger partial charge in [0.15, 0.2) is 0 Å². The largest absolute Gasteiger partial charge is 0.465 e. The van der Waals surface area contributed by atoms with Crippen molar-refractivity contribution in [3.8, 4) is 0 Å². The molecule has 5 heteroatoms. The molecule has 0 aromatic carbocycles. The highest BCUT2D eigenvalue weighted by molar-refractivity contribution is 5.75. The van der Waals surface area contributed by atoms with Gasteiger partial charge in [-0.15, -0.1) is 0 Å². The number of rotatable bonds is 5. The van der Waals surface area contributed by atoms with Crippen molar-refractivity contribution >= 4 is 17.5 Å². The molecule has 0 aliphatic carbocycles. The molecule has 0 atom stereocenters. The molecule has 0 saturated carbocycles. The van der Waals surface area contributed by atoms with Crippen LogP contribution < -0.4 is 10.6 Å². The summed E-state index contributed by atoms with van der Waals surface area (Å²) in [5.41, 5.74) is 7.13. The number of pyridine rings is 1. The van der Waals surface area contributed by atoms with E-state index >= 15 is 0 Å². The molecule has 17 heavy (non-hydrogen) atoms. The van der Waals surface area contributed by atoms with E-state index in [-0.39, 0.29) is 12.5 Å². The summed E-state index contributed by atoms with van der Waals surface area (Å²) in [6.07, 6.45) is 0. The van der Waals surface area contributed by atoms with Gasteiger partial charge >= 0.3 is 5.97 Å². The maximum absolute atomic E-state index is 11.4. The van der Waals surface area contributed by atoms with Crippen molar-refractivity contribution in [2.75, 3.05) is 30.3 Å². The molecule has 0 aliphatic rings. The molecule has 0 radical (unpaired) electrons. The quantitative estimate of drug-likeness (QED) is 0.783. The van der Waals surface area contributed by atoms with Gasteiger partial charge in [0.1, 0.15) is 12.4 Å². The van der Waals surface area contributed by atoms with Crippen LogP contribution in [0.5, 0.6) is 0 Å². The Kier molecular flexibility index (Phi) is 4.75. The van der Waals surface area contributed by atoms with Crippen LogP contribution in [0.3, 0.4) is 0 Å². The second-order valence-electron chi connectivity index (χ2n) is 3.66. The predicted molar refractivity (Wildman–Crippen MR) is 67.9 cm³/mol. The Bertz CT molecular complexity index is 393. The van der Waals surface area contributed by atoms with E-state index < -0.39 is 0 Å². The average molecular weight is 237 g/mol. The maximum Gasteiger partial charge on any atom is 0.325 e. The normalized spacial score (nSPS) is 10.1. The highest BCUT2D eigenvalue weighted by atomic mass is 16.5. The molecule has 1 rings (SSSR count). The van der Waals surface area contributed by atoms with E-state index in [2.05, 4.69) is 4.98 Å². The van der Waals surface area contributed by atoms with E-state index in [1.807, 2.05) is 24.8 Å². The van der Waals surface area contributed by atoms with Crippen molar-refractivity contribution in [1.29, 1.82) is 0 Å². The Morgan fingerprint density at radius 2 is 2.18 bits per heavy atom. The van der Waals surface area contributed by atoms with Crippen molar-refractivity contribution in [2.45, 2.75) is 20.8 Å². The number of anilines is 2. The molecule has 94 valence electrons. The zero-order valence-electron chi connectivity index (χ0n) is 10.6. The summed E-state index contributed by atoms with van der Waals surface area (Å²) in [5, 5.41) is 0. The van der Waals surface area contributed by atoms with Gasteiger partial charge < -0.3 is 15.4 Å². The first-order valence-corrected chi connectivity index (χ1v) is 5.72. The number of carbonyl (C=O) groups is 1. The van der Waals surface area contributed by atoms with Crippen LogP contribution in [0, 0.1) is 6.92 Å². The summed E-state index contributed by atoms with van der Waals surface area (Å²) in [5.74, 6) is 0.498. The standard InChI is InChI=1S/C12H19N3O2/c1-4-15(8-12(16)17-5-2)11-7-6-10(13)9(3)14-11/h6-7H,4-5,8,13H2,1-3H3. The first-order valence-electron chi connectivity index (χ1n) is 5.72. The summed E-state index contributed by atoms with van der Waals surface area (Å²) in [7, 11) is 0. The van der Waals surface area contributed by atoms with E-state index in [4.69, 9.17) is 10.5 Å². The fourth-order valence-corrected chi connectivity index (χ4v) is 1.45. The van der Waals surface area contributed by atoms with Crippen LogP contribution in [0.2, 0.25) is 0 Å². The van der Waals surface area contributed by atoms with E-state index in [1.165, 1.54) is 0 Å². The lowest BCUT2D eigenvalue weighted by Crippen LogP contribution is -2.31. The molecule has 0 spiro atoms. The lowest BCUT2D eigenvalue weighted by atomic mass is 10.3. The fourth-order valence-electron chi connectivity index (χ4n) is 1.45. The summed E-state index contributed by atoms with van der Waals surface area (Å²) < 4.78 is 4.92. The number of ether oxygens (including phenoxy) is 1. The Morgan fingerprint density at radius 1 is 1.47 bits per heavy atom. The lowest BCUT2D eigenvalue weighted by molar-refractivity contribution is -0.141. The molecule has 0 unspecified atom stereocenters. The van der Waals surface area contributed by atoms with E-state index in [0.717, 1.165) is 11.5 Å². The number of aryl methyl sites for hydroxylation is 1. The fraction of sp³-hybridized carbons (Fsp3) is 0.500. The molecule has 0 bridgehead atoms. The number of nitrogens with zero attached hydrogens (tertiary/aromatic N) is 2. The zero-order valence-corrected chi connectivity index (χ0v) is 10.6. The molecule has 1 aromatic rings. The van der Waals surface area contributed by atoms with E-state index in [1.54, 1.807) is 13.0 Å². The number of hydrogen-bond donors (Lipinski definition) is 1. The lowest BCUT2D eigenvalue weighted by Gasteiger charge is -2.21. The third kappa shape index (κ3) is 3.62. The predicted octanol–water partition coefficient (Wildman–Crippen LogP) is 1.36. The minimum atomic E-state index is -0.245. The highest BCUT2D eigenvalue weighted by Crippen LogP contribution is 2.15. The van der Waals surface area contributed by atoms with Crippen LogP contribution in [0.25, 0.3) is 0 Å². The van der Waals surface area contributed by atoms with Crippen molar-refractivity contribution in [1.82, 2.24) is 4.98 Å². The minimum Gasteiger partial charge on any atom is -0.465 e. The molecule has 1 heterocycles. The number of aromatic nitrogens is 1. The van der Waals surface area contributed by atoms with Crippen molar-refractivity contribution in [2.24, 2.45) is 0 Å². The van der Waals surface area contributed by atoms with Crippen LogP contribution >= 0.6 is 0 Å². The number of nitrogen functional groups attached to an aromatic ring is 1. The molecule has 0 amide bonds. The highest BCUT2D eigenvalue weighted by Gasteiger charge is 2.12. The molecule has 0 saturated heterocycles. The van der Waals surface area contributed by atoms with E-state index in [9.17, 15) is 4.79 Å². The van der Waals surface area contributed by atoms with Gasteiger partial charge in [0, 0.05) is 6.54 Å². The Balaban J connectivity index is 2.79. The van der Waals surface area contributed by atoms with Gasteiger partial charge in [-0.05, 0) is 32.9 Å². The summed E-state index contributed by atoms with van der Waals surface area (Å²) >= 11 is 0. The third-order valence-electron chi connectivity index (χ3n) is 2.44. The van der Waals surface area contributed by atoms with E-state index in [0.29, 0.717) is 18.8 Å². The van der Waals surface area contributed by atoms with Crippen molar-refractivity contribution < 1.29 is 9.53 Å². The number of nitrogens with two attached hydrogens (primary N) is 1.